The first-order valence-corrected chi connectivity index (χ1v) is 10.4. The number of nitrogens with one attached hydrogen (secondary N) is 1. The lowest BCUT2D eigenvalue weighted by Crippen LogP contribution is -2.37. The Kier molecular flexibility index (Phi) is 5.12. The van der Waals surface area contributed by atoms with Gasteiger partial charge in [0, 0.05) is 17.6 Å². The smallest absolute Gasteiger partial charge is 0.182 e. The van der Waals surface area contributed by atoms with E-state index < -0.39 is 15.9 Å². The van der Waals surface area contributed by atoms with Crippen LogP contribution in [0.5, 0.6) is 0 Å². The molecule has 2 N–H and O–H groups in total. The summed E-state index contributed by atoms with van der Waals surface area (Å²) < 4.78 is 24.9. The van der Waals surface area contributed by atoms with Crippen LogP contribution in [-0.2, 0) is 9.84 Å². The highest BCUT2D eigenvalue weighted by molar-refractivity contribution is 7.92. The lowest BCUT2D eigenvalue weighted by atomic mass is 9.92. The normalized spacial score (nSPS) is 29.5. The first-order chi connectivity index (χ1) is 10.7. The number of aliphatic hydroxyl groups is 1. The lowest BCUT2D eigenvalue weighted by Gasteiger charge is -2.29. The van der Waals surface area contributed by atoms with Gasteiger partial charge in [-0.05, 0) is 25.7 Å². The van der Waals surface area contributed by atoms with Crippen molar-refractivity contribution < 1.29 is 13.5 Å². The molecule has 128 valence electrons. The first kappa shape index (κ1) is 18.1. The molecule has 1 heterocycles. The summed E-state index contributed by atoms with van der Waals surface area (Å²) in [7, 11) is -3.58. The van der Waals surface area contributed by atoms with Crippen molar-refractivity contribution in [3.8, 4) is 0 Å². The van der Waals surface area contributed by atoms with Crippen molar-refractivity contribution in [2.75, 3.05) is 5.75 Å². The van der Waals surface area contributed by atoms with E-state index in [9.17, 15) is 13.5 Å². The largest absolute Gasteiger partial charge is 0.393 e. The summed E-state index contributed by atoms with van der Waals surface area (Å²) in [6.07, 6.45) is 2.66. The summed E-state index contributed by atoms with van der Waals surface area (Å²) in [6, 6.07) is -0.358. The zero-order chi connectivity index (χ0) is 16.9. The number of hydrogen-bond donors (Lipinski definition) is 2. The Balaban J connectivity index is 1.99. The van der Waals surface area contributed by atoms with E-state index >= 15 is 0 Å². The predicted molar refractivity (Wildman–Crippen MR) is 92.7 cm³/mol. The molecule has 2 aliphatic rings. The zero-order valence-electron chi connectivity index (χ0n) is 12.0. The van der Waals surface area contributed by atoms with Gasteiger partial charge in [0.1, 0.15) is 0 Å². The summed E-state index contributed by atoms with van der Waals surface area (Å²) in [4.78, 5) is -0.0214. The molecule has 0 aromatic heterocycles. The zero-order valence-corrected chi connectivity index (χ0v) is 15.8. The molecule has 0 saturated heterocycles. The number of halogens is 4. The van der Waals surface area contributed by atoms with Crippen LogP contribution in [0.25, 0.3) is 0 Å². The molecule has 1 fully saturated rings. The number of fused-ring (bicyclic) bond motifs is 1. The van der Waals surface area contributed by atoms with Crippen molar-refractivity contribution in [3.63, 3.8) is 0 Å². The Morgan fingerprint density at radius 1 is 0.913 bits per heavy atom. The quantitative estimate of drug-likeness (QED) is 0.562. The van der Waals surface area contributed by atoms with Gasteiger partial charge >= 0.3 is 0 Å². The second-order valence-electron chi connectivity index (χ2n) is 6.00. The van der Waals surface area contributed by atoms with Crippen molar-refractivity contribution in [1.82, 2.24) is 5.32 Å². The number of rotatable bonds is 2. The molecule has 1 atom stereocenters. The third-order valence-electron chi connectivity index (χ3n) is 4.44. The third-order valence-corrected chi connectivity index (χ3v) is 8.18. The number of sulfone groups is 1. The van der Waals surface area contributed by atoms with Crippen LogP contribution >= 0.6 is 46.4 Å². The van der Waals surface area contributed by atoms with Gasteiger partial charge in [0.2, 0.25) is 0 Å². The van der Waals surface area contributed by atoms with Crippen LogP contribution in [0.15, 0.2) is 4.90 Å². The molecule has 4 nitrogen and oxygen atoms in total. The molecule has 0 amide bonds. The summed E-state index contributed by atoms with van der Waals surface area (Å²) >= 11 is 24.4. The first-order valence-electron chi connectivity index (χ1n) is 7.25. The topological polar surface area (TPSA) is 66.4 Å². The minimum atomic E-state index is -3.58. The average Bonchev–Trinajstić information content (AvgIpc) is 2.76. The van der Waals surface area contributed by atoms with E-state index in [4.69, 9.17) is 46.4 Å². The highest BCUT2D eigenvalue weighted by atomic mass is 35.5. The molecular formula is C14H15Cl4NO3S. The Morgan fingerprint density at radius 3 is 2.09 bits per heavy atom. The fraction of sp³-hybridized carbons (Fsp3) is 0.571. The van der Waals surface area contributed by atoms with Crippen molar-refractivity contribution in [1.29, 1.82) is 0 Å². The lowest BCUT2D eigenvalue weighted by molar-refractivity contribution is 0.115. The third kappa shape index (κ3) is 3.22. The van der Waals surface area contributed by atoms with E-state index in [1.807, 2.05) is 0 Å². The fourth-order valence-electron chi connectivity index (χ4n) is 3.29. The highest BCUT2D eigenvalue weighted by Gasteiger charge is 2.41. The maximum absolute atomic E-state index is 12.5. The molecule has 9 heteroatoms. The van der Waals surface area contributed by atoms with Crippen LogP contribution in [-0.4, -0.2) is 31.4 Å². The van der Waals surface area contributed by atoms with Gasteiger partial charge in [0.25, 0.3) is 0 Å². The van der Waals surface area contributed by atoms with Gasteiger partial charge in [-0.3, -0.25) is 0 Å². The average molecular weight is 419 g/mol. The maximum atomic E-state index is 12.5. The van der Waals surface area contributed by atoms with Crippen LogP contribution < -0.4 is 5.32 Å². The van der Waals surface area contributed by atoms with Gasteiger partial charge in [-0.2, -0.15) is 0 Å². The van der Waals surface area contributed by atoms with E-state index in [0.29, 0.717) is 18.4 Å². The van der Waals surface area contributed by atoms with Gasteiger partial charge in [0.15, 0.2) is 9.84 Å². The van der Waals surface area contributed by atoms with Gasteiger partial charge < -0.3 is 10.4 Å². The molecule has 23 heavy (non-hydrogen) atoms. The van der Waals surface area contributed by atoms with Crippen LogP contribution in [0.4, 0.5) is 0 Å². The molecule has 1 aromatic carbocycles. The number of benzene rings is 1. The van der Waals surface area contributed by atoms with Gasteiger partial charge in [-0.25, -0.2) is 8.42 Å². The van der Waals surface area contributed by atoms with E-state index in [1.165, 1.54) is 0 Å². The van der Waals surface area contributed by atoms with Crippen LogP contribution in [0.1, 0.15) is 37.3 Å². The van der Waals surface area contributed by atoms with Crippen molar-refractivity contribution in [2.45, 2.75) is 48.8 Å². The molecular weight excluding hydrogens is 404 g/mol. The Bertz CT molecular complexity index is 745. The minimum absolute atomic E-state index is 0.0214. The predicted octanol–water partition coefficient (Wildman–Crippen LogP) is 4.02. The molecule has 1 saturated carbocycles. The Hall–Kier alpha value is 0.250. The fourth-order valence-corrected chi connectivity index (χ4v) is 6.57. The summed E-state index contributed by atoms with van der Waals surface area (Å²) in [5, 5.41) is 13.0. The van der Waals surface area contributed by atoms with Gasteiger partial charge in [-0.15, -0.1) is 0 Å². The Labute approximate surface area is 155 Å². The van der Waals surface area contributed by atoms with E-state index in [-0.39, 0.29) is 42.9 Å². The molecule has 0 radical (unpaired) electrons. The van der Waals surface area contributed by atoms with Crippen molar-refractivity contribution in [2.24, 2.45) is 0 Å². The SMILES string of the molecule is O=S1(=O)CC(NC2CCC(O)CC2)c2c(Cl)c(Cl)c(Cl)c(Cl)c21. The van der Waals surface area contributed by atoms with E-state index in [0.717, 1.165) is 12.8 Å². The molecule has 1 unspecified atom stereocenters. The Morgan fingerprint density at radius 2 is 1.48 bits per heavy atom. The molecule has 0 bridgehead atoms. The second-order valence-corrected chi connectivity index (χ2v) is 9.49. The van der Waals surface area contributed by atoms with Gasteiger partial charge in [-0.1, -0.05) is 46.4 Å². The summed E-state index contributed by atoms with van der Waals surface area (Å²) in [5.74, 6) is -0.127. The van der Waals surface area contributed by atoms with Crippen molar-refractivity contribution in [3.05, 3.63) is 25.7 Å². The summed E-state index contributed by atoms with van der Waals surface area (Å²) in [6.45, 7) is 0. The van der Waals surface area contributed by atoms with Crippen molar-refractivity contribution >= 4 is 56.2 Å². The summed E-state index contributed by atoms with van der Waals surface area (Å²) in [5.41, 5.74) is 0.400. The molecule has 0 spiro atoms. The second kappa shape index (κ2) is 6.52. The number of hydrogen-bond acceptors (Lipinski definition) is 4. The number of aliphatic hydroxyl groups excluding tert-OH is 1. The molecule has 1 aliphatic heterocycles. The van der Waals surface area contributed by atoms with Crippen LogP contribution in [0.3, 0.4) is 0 Å². The molecule has 1 aliphatic carbocycles. The van der Waals surface area contributed by atoms with Crippen LogP contribution in [0.2, 0.25) is 20.1 Å². The highest BCUT2D eigenvalue weighted by Crippen LogP contribution is 2.49. The monoisotopic (exact) mass is 417 g/mol. The molecule has 1 aromatic rings. The maximum Gasteiger partial charge on any atom is 0.182 e. The van der Waals surface area contributed by atoms with E-state index in [1.54, 1.807) is 0 Å². The standard InChI is InChI=1S/C14H15Cl4NO3S/c15-10-9-8(19-6-1-3-7(20)4-2-6)5-23(21,22)14(9)13(18)12(17)11(10)16/h6-8,19-20H,1-5H2. The van der Waals surface area contributed by atoms with Gasteiger partial charge in [0.05, 0.1) is 36.8 Å². The minimum Gasteiger partial charge on any atom is -0.393 e. The van der Waals surface area contributed by atoms with Crippen LogP contribution in [0, 0.1) is 0 Å². The molecule has 3 rings (SSSR count). The van der Waals surface area contributed by atoms with E-state index in [2.05, 4.69) is 5.32 Å².